The van der Waals surface area contributed by atoms with Crippen LogP contribution in [0.2, 0.25) is 0 Å². The van der Waals surface area contributed by atoms with E-state index in [0.717, 1.165) is 12.6 Å². The Labute approximate surface area is 93.8 Å². The summed E-state index contributed by atoms with van der Waals surface area (Å²) >= 11 is 0. The van der Waals surface area contributed by atoms with Gasteiger partial charge in [0.2, 0.25) is 0 Å². The molecule has 0 aromatic rings. The van der Waals surface area contributed by atoms with Crippen molar-refractivity contribution in [2.45, 2.75) is 57.4 Å². The van der Waals surface area contributed by atoms with E-state index >= 15 is 0 Å². The number of nitrogens with one attached hydrogen (secondary N) is 1. The monoisotopic (exact) mass is 211 g/mol. The summed E-state index contributed by atoms with van der Waals surface area (Å²) in [6.45, 7) is 2.17. The molecular formula is C13H25NO. The quantitative estimate of drug-likeness (QED) is 0.729. The van der Waals surface area contributed by atoms with Gasteiger partial charge in [-0.2, -0.15) is 0 Å². The molecule has 2 aliphatic rings. The smallest absolute Gasteiger partial charge is 0.0468 e. The lowest BCUT2D eigenvalue weighted by Gasteiger charge is -2.25. The van der Waals surface area contributed by atoms with Crippen LogP contribution in [0, 0.1) is 5.41 Å². The summed E-state index contributed by atoms with van der Waals surface area (Å²) in [4.78, 5) is 0. The summed E-state index contributed by atoms with van der Waals surface area (Å²) < 4.78 is 5.18. The van der Waals surface area contributed by atoms with Crippen molar-refractivity contribution in [3.8, 4) is 0 Å². The normalized spacial score (nSPS) is 25.4. The van der Waals surface area contributed by atoms with Crippen molar-refractivity contribution in [1.29, 1.82) is 0 Å². The molecule has 15 heavy (non-hydrogen) atoms. The van der Waals surface area contributed by atoms with Crippen molar-refractivity contribution in [1.82, 2.24) is 5.32 Å². The highest BCUT2D eigenvalue weighted by Crippen LogP contribution is 2.48. The first-order chi connectivity index (χ1) is 7.35. The van der Waals surface area contributed by atoms with E-state index in [0.29, 0.717) is 5.41 Å². The minimum Gasteiger partial charge on any atom is -0.385 e. The van der Waals surface area contributed by atoms with Crippen LogP contribution in [-0.2, 0) is 4.74 Å². The van der Waals surface area contributed by atoms with Crippen molar-refractivity contribution >= 4 is 0 Å². The molecule has 2 nitrogen and oxygen atoms in total. The molecule has 0 radical (unpaired) electrons. The van der Waals surface area contributed by atoms with Crippen molar-refractivity contribution < 1.29 is 4.74 Å². The van der Waals surface area contributed by atoms with Gasteiger partial charge in [0.15, 0.2) is 0 Å². The lowest BCUT2D eigenvalue weighted by molar-refractivity contribution is 0.169. The fourth-order valence-corrected chi connectivity index (χ4v) is 2.68. The van der Waals surface area contributed by atoms with Gasteiger partial charge in [-0.15, -0.1) is 0 Å². The van der Waals surface area contributed by atoms with Crippen molar-refractivity contribution in [2.24, 2.45) is 5.41 Å². The highest BCUT2D eigenvalue weighted by molar-refractivity contribution is 4.95. The van der Waals surface area contributed by atoms with Gasteiger partial charge in [-0.3, -0.25) is 0 Å². The Hall–Kier alpha value is -0.0800. The zero-order valence-electron chi connectivity index (χ0n) is 10.1. The topological polar surface area (TPSA) is 21.3 Å². The predicted molar refractivity (Wildman–Crippen MR) is 63.0 cm³/mol. The van der Waals surface area contributed by atoms with Gasteiger partial charge in [0.1, 0.15) is 0 Å². The molecule has 0 bridgehead atoms. The van der Waals surface area contributed by atoms with Crippen LogP contribution in [0.15, 0.2) is 0 Å². The van der Waals surface area contributed by atoms with E-state index in [1.54, 1.807) is 0 Å². The standard InChI is InChI=1S/C13H25NO/c1-15-10-9-13(7-8-13)11-14-12-5-3-2-4-6-12/h12,14H,2-11H2,1H3. The summed E-state index contributed by atoms with van der Waals surface area (Å²) in [5.41, 5.74) is 0.619. The Balaban J connectivity index is 1.63. The van der Waals surface area contributed by atoms with Gasteiger partial charge in [0.25, 0.3) is 0 Å². The Bertz CT molecular complexity index is 183. The minimum absolute atomic E-state index is 0.619. The molecule has 0 spiro atoms. The first kappa shape index (κ1) is 11.4. The maximum absolute atomic E-state index is 5.18. The van der Waals surface area contributed by atoms with Gasteiger partial charge in [-0.1, -0.05) is 19.3 Å². The Morgan fingerprint density at radius 3 is 2.53 bits per heavy atom. The highest BCUT2D eigenvalue weighted by atomic mass is 16.5. The van der Waals surface area contributed by atoms with Gasteiger partial charge in [0.05, 0.1) is 0 Å². The van der Waals surface area contributed by atoms with Crippen molar-refractivity contribution in [3.63, 3.8) is 0 Å². The molecule has 0 unspecified atom stereocenters. The third-order valence-electron chi connectivity index (χ3n) is 4.16. The zero-order valence-corrected chi connectivity index (χ0v) is 10.1. The molecule has 0 amide bonds. The van der Waals surface area contributed by atoms with Crippen LogP contribution < -0.4 is 5.32 Å². The molecule has 2 fully saturated rings. The van der Waals surface area contributed by atoms with Gasteiger partial charge >= 0.3 is 0 Å². The Morgan fingerprint density at radius 1 is 1.20 bits per heavy atom. The largest absolute Gasteiger partial charge is 0.385 e. The second-order valence-corrected chi connectivity index (χ2v) is 5.46. The molecule has 0 saturated heterocycles. The van der Waals surface area contributed by atoms with E-state index in [1.807, 2.05) is 7.11 Å². The van der Waals surface area contributed by atoms with Crippen LogP contribution in [0.5, 0.6) is 0 Å². The van der Waals surface area contributed by atoms with Gasteiger partial charge in [0, 0.05) is 26.3 Å². The first-order valence-corrected chi connectivity index (χ1v) is 6.57. The maximum atomic E-state index is 5.18. The summed E-state index contributed by atoms with van der Waals surface area (Å²) in [5.74, 6) is 0. The molecule has 0 atom stereocenters. The highest BCUT2D eigenvalue weighted by Gasteiger charge is 2.41. The number of ether oxygens (including phenoxy) is 1. The van der Waals surface area contributed by atoms with Crippen LogP contribution in [0.25, 0.3) is 0 Å². The van der Waals surface area contributed by atoms with Crippen LogP contribution in [0.4, 0.5) is 0 Å². The lowest BCUT2D eigenvalue weighted by Crippen LogP contribution is -2.35. The van der Waals surface area contributed by atoms with E-state index in [4.69, 9.17) is 4.74 Å². The summed E-state index contributed by atoms with van der Waals surface area (Å²) in [6, 6.07) is 0.818. The number of rotatable bonds is 6. The third kappa shape index (κ3) is 3.46. The lowest BCUT2D eigenvalue weighted by atomic mass is 9.94. The van der Waals surface area contributed by atoms with Crippen molar-refractivity contribution in [3.05, 3.63) is 0 Å². The average molecular weight is 211 g/mol. The molecule has 2 rings (SSSR count). The maximum Gasteiger partial charge on any atom is 0.0468 e. The number of hydrogen-bond acceptors (Lipinski definition) is 2. The molecule has 2 aliphatic carbocycles. The van der Waals surface area contributed by atoms with E-state index in [-0.39, 0.29) is 0 Å². The fourth-order valence-electron chi connectivity index (χ4n) is 2.68. The number of hydrogen-bond donors (Lipinski definition) is 1. The fraction of sp³-hybridized carbons (Fsp3) is 1.00. The molecule has 88 valence electrons. The molecule has 0 heterocycles. The van der Waals surface area contributed by atoms with E-state index in [2.05, 4.69) is 5.32 Å². The molecule has 0 aromatic heterocycles. The molecule has 0 aliphatic heterocycles. The van der Waals surface area contributed by atoms with Crippen LogP contribution >= 0.6 is 0 Å². The van der Waals surface area contributed by atoms with Crippen LogP contribution in [-0.4, -0.2) is 26.3 Å². The first-order valence-electron chi connectivity index (χ1n) is 6.57. The Kier molecular flexibility index (Phi) is 4.04. The van der Waals surface area contributed by atoms with E-state index < -0.39 is 0 Å². The SMILES string of the molecule is COCCC1(CNC2CCCCC2)CC1. The summed E-state index contributed by atoms with van der Waals surface area (Å²) in [7, 11) is 1.81. The molecule has 1 N–H and O–H groups in total. The molecule has 2 saturated carbocycles. The second kappa shape index (κ2) is 5.31. The van der Waals surface area contributed by atoms with Crippen molar-refractivity contribution in [2.75, 3.05) is 20.3 Å². The van der Waals surface area contributed by atoms with E-state index in [1.165, 1.54) is 57.9 Å². The molecule has 0 aromatic carbocycles. The predicted octanol–water partition coefficient (Wildman–Crippen LogP) is 2.73. The number of methoxy groups -OCH3 is 1. The van der Waals surface area contributed by atoms with Gasteiger partial charge in [-0.05, 0) is 37.5 Å². The second-order valence-electron chi connectivity index (χ2n) is 5.46. The molecular weight excluding hydrogens is 186 g/mol. The van der Waals surface area contributed by atoms with Crippen LogP contribution in [0.1, 0.15) is 51.4 Å². The van der Waals surface area contributed by atoms with E-state index in [9.17, 15) is 0 Å². The minimum atomic E-state index is 0.619. The Morgan fingerprint density at radius 2 is 1.93 bits per heavy atom. The molecule has 2 heteroatoms. The summed E-state index contributed by atoms with van der Waals surface area (Å²) in [6.07, 6.45) is 11.2. The van der Waals surface area contributed by atoms with Gasteiger partial charge in [-0.25, -0.2) is 0 Å². The average Bonchev–Trinajstić information content (AvgIpc) is 3.06. The zero-order chi connectivity index (χ0) is 10.6. The summed E-state index contributed by atoms with van der Waals surface area (Å²) in [5, 5.41) is 3.78. The van der Waals surface area contributed by atoms with Crippen LogP contribution in [0.3, 0.4) is 0 Å². The van der Waals surface area contributed by atoms with Gasteiger partial charge < -0.3 is 10.1 Å². The third-order valence-corrected chi connectivity index (χ3v) is 4.16.